The van der Waals surface area contributed by atoms with Crippen molar-refractivity contribution in [1.29, 1.82) is 0 Å². The molecule has 1 heterocycles. The number of likely N-dealkylation sites (tertiary alicyclic amines) is 1. The standard InChI is InChI=1S/C14H21FN2O/c1-10(11-4-3-7-17(2)9-11)18-14-6-5-12(16)8-13(14)15/h5-6,8,10-11H,3-4,7,9,16H2,1-2H3. The number of nitrogens with zero attached hydrogens (tertiary/aromatic N) is 1. The molecule has 1 aliphatic rings. The van der Waals surface area contributed by atoms with Crippen molar-refractivity contribution in [3.63, 3.8) is 0 Å². The summed E-state index contributed by atoms with van der Waals surface area (Å²) in [6.45, 7) is 4.16. The smallest absolute Gasteiger partial charge is 0.167 e. The molecule has 2 rings (SSSR count). The minimum atomic E-state index is -0.383. The number of halogens is 1. The van der Waals surface area contributed by atoms with Crippen LogP contribution in [0.1, 0.15) is 19.8 Å². The maximum Gasteiger partial charge on any atom is 0.167 e. The minimum Gasteiger partial charge on any atom is -0.487 e. The second kappa shape index (κ2) is 5.57. The molecule has 0 saturated carbocycles. The van der Waals surface area contributed by atoms with Gasteiger partial charge in [-0.05, 0) is 45.5 Å². The first-order valence-corrected chi connectivity index (χ1v) is 6.46. The molecule has 3 nitrogen and oxygen atoms in total. The lowest BCUT2D eigenvalue weighted by Gasteiger charge is -2.33. The molecule has 2 N–H and O–H groups in total. The highest BCUT2D eigenvalue weighted by Gasteiger charge is 2.24. The molecule has 1 aliphatic heterocycles. The molecule has 100 valence electrons. The van der Waals surface area contributed by atoms with Gasteiger partial charge in [-0.25, -0.2) is 4.39 Å². The van der Waals surface area contributed by atoms with Gasteiger partial charge in [0.15, 0.2) is 11.6 Å². The summed E-state index contributed by atoms with van der Waals surface area (Å²) in [6.07, 6.45) is 2.34. The van der Waals surface area contributed by atoms with Crippen LogP contribution in [0.2, 0.25) is 0 Å². The van der Waals surface area contributed by atoms with Crippen molar-refractivity contribution in [2.75, 3.05) is 25.9 Å². The lowest BCUT2D eigenvalue weighted by atomic mass is 9.93. The SMILES string of the molecule is CC(Oc1ccc(N)cc1F)C1CCCN(C)C1. The molecule has 0 radical (unpaired) electrons. The van der Waals surface area contributed by atoms with Gasteiger partial charge < -0.3 is 15.4 Å². The third-order valence-electron chi connectivity index (χ3n) is 3.59. The second-order valence-electron chi connectivity index (χ2n) is 5.18. The summed E-state index contributed by atoms with van der Waals surface area (Å²) < 4.78 is 19.4. The molecule has 0 spiro atoms. The molecule has 2 atom stereocenters. The topological polar surface area (TPSA) is 38.5 Å². The van der Waals surface area contributed by atoms with Gasteiger partial charge in [-0.1, -0.05) is 0 Å². The highest BCUT2D eigenvalue weighted by molar-refractivity contribution is 5.42. The average molecular weight is 252 g/mol. The van der Waals surface area contributed by atoms with Crippen LogP contribution in [0.4, 0.5) is 10.1 Å². The molecule has 1 aromatic rings. The van der Waals surface area contributed by atoms with E-state index in [1.807, 2.05) is 6.92 Å². The van der Waals surface area contributed by atoms with E-state index < -0.39 is 0 Å². The van der Waals surface area contributed by atoms with Crippen LogP contribution in [0.25, 0.3) is 0 Å². The molecule has 0 aromatic heterocycles. The van der Waals surface area contributed by atoms with Gasteiger partial charge in [0.05, 0.1) is 0 Å². The van der Waals surface area contributed by atoms with Crippen molar-refractivity contribution < 1.29 is 9.13 Å². The number of hydrogen-bond acceptors (Lipinski definition) is 3. The molecule has 1 saturated heterocycles. The van der Waals surface area contributed by atoms with Crippen molar-refractivity contribution in [3.05, 3.63) is 24.0 Å². The predicted molar refractivity (Wildman–Crippen MR) is 71.1 cm³/mol. The molecule has 2 unspecified atom stereocenters. The fourth-order valence-corrected chi connectivity index (χ4v) is 2.50. The van der Waals surface area contributed by atoms with E-state index in [4.69, 9.17) is 10.5 Å². The Morgan fingerprint density at radius 1 is 1.50 bits per heavy atom. The molecule has 18 heavy (non-hydrogen) atoms. The first kappa shape index (κ1) is 13.1. The molecule has 1 fully saturated rings. The normalized spacial score (nSPS) is 22.7. The quantitative estimate of drug-likeness (QED) is 0.840. The molecule has 1 aromatic carbocycles. The summed E-state index contributed by atoms with van der Waals surface area (Å²) in [7, 11) is 2.11. The summed E-state index contributed by atoms with van der Waals surface area (Å²) in [4.78, 5) is 2.30. The number of benzene rings is 1. The van der Waals surface area contributed by atoms with Crippen LogP contribution < -0.4 is 10.5 Å². The molecule has 0 amide bonds. The van der Waals surface area contributed by atoms with Gasteiger partial charge in [-0.3, -0.25) is 0 Å². The number of rotatable bonds is 3. The van der Waals surface area contributed by atoms with Crippen LogP contribution in [0.15, 0.2) is 18.2 Å². The number of nitrogens with two attached hydrogens (primary N) is 1. The van der Waals surface area contributed by atoms with E-state index in [9.17, 15) is 4.39 Å². The molecule has 0 bridgehead atoms. The highest BCUT2D eigenvalue weighted by atomic mass is 19.1. The number of piperidine rings is 1. The van der Waals surface area contributed by atoms with E-state index in [0.29, 0.717) is 17.4 Å². The minimum absolute atomic E-state index is 0.0193. The van der Waals surface area contributed by atoms with Gasteiger partial charge in [0.25, 0.3) is 0 Å². The van der Waals surface area contributed by atoms with Crippen molar-refractivity contribution in [3.8, 4) is 5.75 Å². The Hall–Kier alpha value is -1.29. The monoisotopic (exact) mass is 252 g/mol. The zero-order valence-electron chi connectivity index (χ0n) is 11.0. The molecule has 0 aliphatic carbocycles. The third-order valence-corrected chi connectivity index (χ3v) is 3.59. The Balaban J connectivity index is 1.99. The van der Waals surface area contributed by atoms with E-state index in [1.165, 1.54) is 12.5 Å². The van der Waals surface area contributed by atoms with Crippen LogP contribution in [0.5, 0.6) is 5.75 Å². The lowest BCUT2D eigenvalue weighted by Crippen LogP contribution is -2.39. The summed E-state index contributed by atoms with van der Waals surface area (Å²) in [6, 6.07) is 4.57. The van der Waals surface area contributed by atoms with Crippen molar-refractivity contribution in [1.82, 2.24) is 4.90 Å². The zero-order chi connectivity index (χ0) is 13.1. The van der Waals surface area contributed by atoms with Gasteiger partial charge >= 0.3 is 0 Å². The van der Waals surface area contributed by atoms with Crippen LogP contribution in [0.3, 0.4) is 0 Å². The fraction of sp³-hybridized carbons (Fsp3) is 0.571. The van der Waals surface area contributed by atoms with Crippen molar-refractivity contribution in [2.24, 2.45) is 5.92 Å². The number of ether oxygens (including phenoxy) is 1. The summed E-state index contributed by atoms with van der Waals surface area (Å²) in [5, 5.41) is 0. The van der Waals surface area contributed by atoms with E-state index in [-0.39, 0.29) is 11.9 Å². The van der Waals surface area contributed by atoms with Gasteiger partial charge in [-0.2, -0.15) is 0 Å². The van der Waals surface area contributed by atoms with Gasteiger partial charge in [0.2, 0.25) is 0 Å². The van der Waals surface area contributed by atoms with E-state index >= 15 is 0 Å². The maximum atomic E-state index is 13.6. The van der Waals surface area contributed by atoms with Gasteiger partial charge in [0, 0.05) is 24.2 Å². The number of anilines is 1. The Kier molecular flexibility index (Phi) is 4.07. The van der Waals surface area contributed by atoms with Crippen LogP contribution in [0, 0.1) is 11.7 Å². The molecular formula is C14H21FN2O. The average Bonchev–Trinajstić information content (AvgIpc) is 2.32. The van der Waals surface area contributed by atoms with Crippen LogP contribution in [-0.2, 0) is 0 Å². The number of nitrogen functional groups attached to an aromatic ring is 1. The zero-order valence-corrected chi connectivity index (χ0v) is 11.0. The summed E-state index contributed by atoms with van der Waals surface area (Å²) >= 11 is 0. The molecule has 4 heteroatoms. The van der Waals surface area contributed by atoms with E-state index in [2.05, 4.69) is 11.9 Å². The maximum absolute atomic E-state index is 13.6. The number of hydrogen-bond donors (Lipinski definition) is 1. The highest BCUT2D eigenvalue weighted by Crippen LogP contribution is 2.25. The summed E-state index contributed by atoms with van der Waals surface area (Å²) in [5.41, 5.74) is 5.94. The summed E-state index contributed by atoms with van der Waals surface area (Å²) in [5.74, 6) is 0.372. The third kappa shape index (κ3) is 3.13. The Bertz CT molecular complexity index is 411. The van der Waals surface area contributed by atoms with Crippen LogP contribution in [-0.4, -0.2) is 31.1 Å². The fourth-order valence-electron chi connectivity index (χ4n) is 2.50. The Morgan fingerprint density at radius 3 is 2.94 bits per heavy atom. The Labute approximate surface area is 108 Å². The van der Waals surface area contributed by atoms with Crippen molar-refractivity contribution in [2.45, 2.75) is 25.9 Å². The van der Waals surface area contributed by atoms with E-state index in [1.54, 1.807) is 12.1 Å². The first-order valence-electron chi connectivity index (χ1n) is 6.46. The van der Waals surface area contributed by atoms with E-state index in [0.717, 1.165) is 19.5 Å². The van der Waals surface area contributed by atoms with Crippen LogP contribution >= 0.6 is 0 Å². The van der Waals surface area contributed by atoms with Crippen molar-refractivity contribution >= 4 is 5.69 Å². The lowest BCUT2D eigenvalue weighted by molar-refractivity contribution is 0.0870. The largest absolute Gasteiger partial charge is 0.487 e. The van der Waals surface area contributed by atoms with Gasteiger partial charge in [-0.15, -0.1) is 0 Å². The first-order chi connectivity index (χ1) is 8.56. The van der Waals surface area contributed by atoms with Gasteiger partial charge in [0.1, 0.15) is 6.10 Å². The Morgan fingerprint density at radius 2 is 2.28 bits per heavy atom. The predicted octanol–water partition coefficient (Wildman–Crippen LogP) is 2.52. The molecular weight excluding hydrogens is 231 g/mol. The second-order valence-corrected chi connectivity index (χ2v) is 5.18.